The highest BCUT2D eigenvalue weighted by atomic mass is 32.1. The van der Waals surface area contributed by atoms with Crippen LogP contribution in [-0.4, -0.2) is 47.1 Å². The molecular formula is C15H22N4O3S. The molecular weight excluding hydrogens is 316 g/mol. The molecule has 126 valence electrons. The van der Waals surface area contributed by atoms with E-state index in [1.165, 1.54) is 15.9 Å². The smallest absolute Gasteiger partial charge is 0.275 e. The Labute approximate surface area is 138 Å². The fourth-order valence-electron chi connectivity index (χ4n) is 2.75. The molecule has 1 N–H and O–H groups in total. The number of ether oxygens (including phenoxy) is 2. The zero-order valence-corrected chi connectivity index (χ0v) is 14.3. The molecule has 2 aromatic heterocycles. The van der Waals surface area contributed by atoms with E-state index in [0.717, 1.165) is 31.4 Å². The fraction of sp³-hybridized carbons (Fsp3) is 0.667. The van der Waals surface area contributed by atoms with Gasteiger partial charge in [0.05, 0.1) is 5.60 Å². The first-order chi connectivity index (χ1) is 11.2. The summed E-state index contributed by atoms with van der Waals surface area (Å²) in [4.78, 5) is 17.2. The molecule has 23 heavy (non-hydrogen) atoms. The van der Waals surface area contributed by atoms with Gasteiger partial charge in [0.1, 0.15) is 0 Å². The molecule has 0 atom stereocenters. The van der Waals surface area contributed by atoms with Crippen molar-refractivity contribution in [1.82, 2.24) is 14.6 Å². The van der Waals surface area contributed by atoms with Crippen LogP contribution >= 0.6 is 11.3 Å². The maximum Gasteiger partial charge on any atom is 0.275 e. The van der Waals surface area contributed by atoms with Crippen LogP contribution in [0, 0.1) is 0 Å². The third-order valence-corrected chi connectivity index (χ3v) is 5.07. The predicted octanol–water partition coefficient (Wildman–Crippen LogP) is 1.71. The van der Waals surface area contributed by atoms with Crippen LogP contribution in [0.4, 0.5) is 5.13 Å². The molecule has 0 aliphatic carbocycles. The van der Waals surface area contributed by atoms with E-state index < -0.39 is 0 Å². The Hall–Kier alpha value is -1.51. The van der Waals surface area contributed by atoms with E-state index in [0.29, 0.717) is 29.9 Å². The normalized spacial score (nSPS) is 17.5. The molecule has 0 bridgehead atoms. The predicted molar refractivity (Wildman–Crippen MR) is 89.4 cm³/mol. The Balaban J connectivity index is 1.78. The number of aryl methyl sites for hydroxylation is 1. The van der Waals surface area contributed by atoms with Crippen LogP contribution in [0.25, 0.3) is 4.96 Å². The Bertz CT molecular complexity index is 721. The lowest BCUT2D eigenvalue weighted by molar-refractivity contribution is -0.0807. The second-order valence-corrected chi connectivity index (χ2v) is 6.75. The Morgan fingerprint density at radius 2 is 2.26 bits per heavy atom. The quantitative estimate of drug-likeness (QED) is 0.864. The van der Waals surface area contributed by atoms with Crippen LogP contribution in [0.3, 0.4) is 0 Å². The summed E-state index contributed by atoms with van der Waals surface area (Å²) in [6, 6.07) is 1.56. The van der Waals surface area contributed by atoms with Crippen LogP contribution in [-0.2, 0) is 15.9 Å². The summed E-state index contributed by atoms with van der Waals surface area (Å²) in [6.07, 6.45) is 3.46. The summed E-state index contributed by atoms with van der Waals surface area (Å²) in [5.41, 5.74) is 0.461. The number of nitrogens with one attached hydrogen (secondary N) is 1. The molecule has 0 saturated carbocycles. The molecule has 1 fully saturated rings. The van der Waals surface area contributed by atoms with E-state index in [1.54, 1.807) is 13.2 Å². The van der Waals surface area contributed by atoms with Gasteiger partial charge in [-0.1, -0.05) is 24.7 Å². The Morgan fingerprint density at radius 3 is 2.96 bits per heavy atom. The van der Waals surface area contributed by atoms with Gasteiger partial charge in [0.25, 0.3) is 5.56 Å². The number of methoxy groups -OCH3 is 1. The van der Waals surface area contributed by atoms with Gasteiger partial charge in [-0.25, -0.2) is 4.98 Å². The van der Waals surface area contributed by atoms with Gasteiger partial charge in [0, 0.05) is 51.5 Å². The molecule has 0 spiro atoms. The van der Waals surface area contributed by atoms with Crippen LogP contribution in [0.15, 0.2) is 10.9 Å². The fourth-order valence-corrected chi connectivity index (χ4v) is 3.56. The monoisotopic (exact) mass is 338 g/mol. The standard InChI is InChI=1S/C15H22N4O3S/c1-3-4-11-9-12(20)19-14(17-11)23-13(18-19)16-10-15(21-2)5-7-22-8-6-15/h9H,3-8,10H2,1-2H3,(H,16,18). The molecule has 7 nitrogen and oxygen atoms in total. The van der Waals surface area contributed by atoms with Gasteiger partial charge in [0.15, 0.2) is 0 Å². The number of hydrogen-bond acceptors (Lipinski definition) is 7. The molecule has 3 heterocycles. The molecule has 0 radical (unpaired) electrons. The van der Waals surface area contributed by atoms with Crippen LogP contribution in [0.1, 0.15) is 31.9 Å². The number of fused-ring (bicyclic) bond motifs is 1. The first kappa shape index (κ1) is 16.4. The summed E-state index contributed by atoms with van der Waals surface area (Å²) >= 11 is 1.39. The summed E-state index contributed by atoms with van der Waals surface area (Å²) in [7, 11) is 1.73. The van der Waals surface area contributed by atoms with Gasteiger partial charge in [-0.05, 0) is 6.42 Å². The van der Waals surface area contributed by atoms with Crippen molar-refractivity contribution in [3.05, 3.63) is 22.1 Å². The second kappa shape index (κ2) is 6.94. The number of anilines is 1. The minimum absolute atomic E-state index is 0.129. The van der Waals surface area contributed by atoms with E-state index in [2.05, 4.69) is 22.3 Å². The average molecular weight is 338 g/mol. The number of aromatic nitrogens is 3. The highest BCUT2D eigenvalue weighted by Crippen LogP contribution is 2.26. The SMILES string of the molecule is CCCc1cc(=O)n2nc(NCC3(OC)CCOCC3)sc2n1. The zero-order valence-electron chi connectivity index (χ0n) is 13.5. The van der Waals surface area contributed by atoms with E-state index in [9.17, 15) is 4.79 Å². The maximum absolute atomic E-state index is 12.1. The summed E-state index contributed by atoms with van der Waals surface area (Å²) in [5.74, 6) is 0. The van der Waals surface area contributed by atoms with Crippen molar-refractivity contribution < 1.29 is 9.47 Å². The van der Waals surface area contributed by atoms with Gasteiger partial charge >= 0.3 is 0 Å². The maximum atomic E-state index is 12.1. The molecule has 8 heteroatoms. The van der Waals surface area contributed by atoms with Crippen LogP contribution < -0.4 is 10.9 Å². The van der Waals surface area contributed by atoms with E-state index in [-0.39, 0.29) is 11.2 Å². The molecule has 2 aromatic rings. The number of nitrogens with zero attached hydrogens (tertiary/aromatic N) is 3. The van der Waals surface area contributed by atoms with Gasteiger partial charge < -0.3 is 14.8 Å². The minimum atomic E-state index is -0.234. The van der Waals surface area contributed by atoms with Crippen molar-refractivity contribution in [3.8, 4) is 0 Å². The first-order valence-electron chi connectivity index (χ1n) is 7.92. The Morgan fingerprint density at radius 1 is 1.48 bits per heavy atom. The van der Waals surface area contributed by atoms with Gasteiger partial charge in [-0.15, -0.1) is 5.10 Å². The molecule has 1 aliphatic rings. The lowest BCUT2D eigenvalue weighted by atomic mass is 9.94. The summed E-state index contributed by atoms with van der Waals surface area (Å²) in [5, 5.41) is 8.31. The van der Waals surface area contributed by atoms with Crippen LogP contribution in [0.2, 0.25) is 0 Å². The Kier molecular flexibility index (Phi) is 4.93. The molecule has 1 saturated heterocycles. The van der Waals surface area contributed by atoms with Crippen molar-refractivity contribution in [2.75, 3.05) is 32.2 Å². The van der Waals surface area contributed by atoms with Crippen molar-refractivity contribution >= 4 is 21.4 Å². The molecule has 1 aliphatic heterocycles. The molecule has 0 amide bonds. The van der Waals surface area contributed by atoms with Gasteiger partial charge in [0.2, 0.25) is 10.1 Å². The third-order valence-electron chi connectivity index (χ3n) is 4.20. The highest BCUT2D eigenvalue weighted by Gasteiger charge is 2.32. The molecule has 3 rings (SSSR count). The lowest BCUT2D eigenvalue weighted by Gasteiger charge is -2.35. The first-order valence-corrected chi connectivity index (χ1v) is 8.74. The van der Waals surface area contributed by atoms with E-state index in [4.69, 9.17) is 9.47 Å². The van der Waals surface area contributed by atoms with Crippen LogP contribution in [0.5, 0.6) is 0 Å². The third kappa shape index (κ3) is 3.54. The molecule has 0 unspecified atom stereocenters. The highest BCUT2D eigenvalue weighted by molar-refractivity contribution is 7.20. The van der Waals surface area contributed by atoms with E-state index >= 15 is 0 Å². The van der Waals surface area contributed by atoms with Crippen molar-refractivity contribution in [1.29, 1.82) is 0 Å². The zero-order chi connectivity index (χ0) is 16.3. The minimum Gasteiger partial charge on any atom is -0.381 e. The summed E-state index contributed by atoms with van der Waals surface area (Å²) in [6.45, 7) is 4.12. The number of hydrogen-bond donors (Lipinski definition) is 1. The summed E-state index contributed by atoms with van der Waals surface area (Å²) < 4.78 is 12.5. The van der Waals surface area contributed by atoms with Gasteiger partial charge in [-0.2, -0.15) is 4.52 Å². The average Bonchev–Trinajstić information content (AvgIpc) is 2.98. The van der Waals surface area contributed by atoms with Crippen molar-refractivity contribution in [3.63, 3.8) is 0 Å². The van der Waals surface area contributed by atoms with Crippen molar-refractivity contribution in [2.45, 2.75) is 38.2 Å². The van der Waals surface area contributed by atoms with E-state index in [1.807, 2.05) is 0 Å². The largest absolute Gasteiger partial charge is 0.381 e. The second-order valence-electron chi connectivity index (χ2n) is 5.79. The lowest BCUT2D eigenvalue weighted by Crippen LogP contribution is -2.44. The molecule has 0 aromatic carbocycles. The van der Waals surface area contributed by atoms with Crippen molar-refractivity contribution in [2.24, 2.45) is 0 Å². The van der Waals surface area contributed by atoms with Gasteiger partial charge in [-0.3, -0.25) is 4.79 Å². The number of rotatable bonds is 6. The topological polar surface area (TPSA) is 77.8 Å².